The number of carbonyl (C=O) groups excluding carboxylic acids is 1. The van der Waals surface area contributed by atoms with Crippen LogP contribution in [-0.4, -0.2) is 22.4 Å². The number of benzene rings is 2. The van der Waals surface area contributed by atoms with Gasteiger partial charge in [-0.05, 0) is 49.7 Å². The largest absolute Gasteiger partial charge is 0.399 e. The Morgan fingerprint density at radius 3 is 2.54 bits per heavy atom. The molecule has 0 fully saturated rings. The lowest BCUT2D eigenvalue weighted by Gasteiger charge is -2.06. The van der Waals surface area contributed by atoms with Crippen LogP contribution in [0.4, 0.5) is 11.4 Å². The Labute approximate surface area is 150 Å². The molecule has 2 aromatic carbocycles. The predicted molar refractivity (Wildman–Crippen MR) is 106 cm³/mol. The monoisotopic (exact) mass is 348 g/mol. The molecule has 26 heavy (non-hydrogen) atoms. The average molecular weight is 348 g/mol. The van der Waals surface area contributed by atoms with Gasteiger partial charge >= 0.3 is 0 Å². The van der Waals surface area contributed by atoms with E-state index in [0.29, 0.717) is 17.1 Å². The van der Waals surface area contributed by atoms with Gasteiger partial charge in [-0.2, -0.15) is 5.10 Å². The number of aromatic amines is 1. The number of carbonyl (C=O) groups is 1. The van der Waals surface area contributed by atoms with E-state index in [1.165, 1.54) is 0 Å². The van der Waals surface area contributed by atoms with Crippen LogP contribution in [0.25, 0.3) is 10.9 Å². The number of nitrogens with two attached hydrogens (primary N) is 1. The number of aromatic nitrogens is 1. The Morgan fingerprint density at radius 2 is 1.85 bits per heavy atom. The second kappa shape index (κ2) is 7.10. The highest BCUT2D eigenvalue weighted by Crippen LogP contribution is 2.19. The standard InChI is InChI=1S/C19H20N6O/c1-11(24-25-12(2)20)13-4-7-16(8-5-13)22-19(26)18-9-14-3-6-15(21)10-17(14)23-18/h3-10,23H,21H2,1-2H3,(H2,20,25)(H,22,26)/b24-11+. The minimum atomic E-state index is -0.223. The van der Waals surface area contributed by atoms with Gasteiger partial charge in [0.2, 0.25) is 0 Å². The number of rotatable bonds is 4. The molecule has 7 nitrogen and oxygen atoms in total. The summed E-state index contributed by atoms with van der Waals surface area (Å²) in [4.78, 5) is 15.5. The van der Waals surface area contributed by atoms with E-state index < -0.39 is 0 Å². The summed E-state index contributed by atoms with van der Waals surface area (Å²) in [7, 11) is 0. The summed E-state index contributed by atoms with van der Waals surface area (Å²) in [5.74, 6) is 0.0485. The first-order chi connectivity index (χ1) is 12.4. The Hall–Kier alpha value is -3.61. The first-order valence-corrected chi connectivity index (χ1v) is 8.08. The number of amidine groups is 1. The van der Waals surface area contributed by atoms with Crippen molar-refractivity contribution in [2.75, 3.05) is 11.1 Å². The van der Waals surface area contributed by atoms with Crippen LogP contribution in [0.5, 0.6) is 0 Å². The van der Waals surface area contributed by atoms with Crippen molar-refractivity contribution in [2.24, 2.45) is 5.10 Å². The molecule has 0 saturated heterocycles. The number of hydrogen-bond donors (Lipinski definition) is 5. The molecule has 0 radical (unpaired) electrons. The first kappa shape index (κ1) is 17.2. The fourth-order valence-electron chi connectivity index (χ4n) is 2.49. The van der Waals surface area contributed by atoms with Crippen molar-refractivity contribution in [3.63, 3.8) is 0 Å². The fraction of sp³-hybridized carbons (Fsp3) is 0.105. The van der Waals surface area contributed by atoms with Crippen molar-refractivity contribution in [1.82, 2.24) is 10.4 Å². The molecule has 132 valence electrons. The summed E-state index contributed by atoms with van der Waals surface area (Å²) in [6.07, 6.45) is 0. The Bertz CT molecular complexity index is 1000. The fourth-order valence-corrected chi connectivity index (χ4v) is 2.49. The molecule has 0 atom stereocenters. The van der Waals surface area contributed by atoms with Crippen molar-refractivity contribution < 1.29 is 4.79 Å². The van der Waals surface area contributed by atoms with Crippen LogP contribution < -0.4 is 16.5 Å². The zero-order valence-corrected chi connectivity index (χ0v) is 14.6. The highest BCUT2D eigenvalue weighted by Gasteiger charge is 2.10. The van der Waals surface area contributed by atoms with E-state index in [4.69, 9.17) is 11.1 Å². The smallest absolute Gasteiger partial charge is 0.272 e. The van der Waals surface area contributed by atoms with Crippen LogP contribution in [0.15, 0.2) is 53.6 Å². The molecule has 0 aliphatic rings. The van der Waals surface area contributed by atoms with Crippen molar-refractivity contribution >= 4 is 39.7 Å². The number of anilines is 2. The number of hydrazone groups is 1. The van der Waals surface area contributed by atoms with Gasteiger partial charge in [-0.1, -0.05) is 18.2 Å². The average Bonchev–Trinajstić information content (AvgIpc) is 3.03. The summed E-state index contributed by atoms with van der Waals surface area (Å²) in [6, 6.07) is 14.6. The van der Waals surface area contributed by atoms with Gasteiger partial charge in [0, 0.05) is 22.3 Å². The maximum atomic E-state index is 12.4. The van der Waals surface area contributed by atoms with E-state index in [1.54, 1.807) is 25.1 Å². The van der Waals surface area contributed by atoms with E-state index in [1.807, 2.05) is 37.3 Å². The second-order valence-electron chi connectivity index (χ2n) is 6.00. The molecule has 1 aromatic heterocycles. The van der Waals surface area contributed by atoms with Gasteiger partial charge in [-0.15, -0.1) is 0 Å². The number of amides is 1. The summed E-state index contributed by atoms with van der Waals surface area (Å²) in [5.41, 5.74) is 12.7. The van der Waals surface area contributed by atoms with Crippen LogP contribution >= 0.6 is 0 Å². The summed E-state index contributed by atoms with van der Waals surface area (Å²) in [6.45, 7) is 3.47. The molecule has 0 spiro atoms. The third-order valence-corrected chi connectivity index (χ3v) is 3.84. The van der Waals surface area contributed by atoms with Crippen molar-refractivity contribution in [1.29, 1.82) is 5.41 Å². The minimum absolute atomic E-state index is 0.223. The van der Waals surface area contributed by atoms with Gasteiger partial charge in [0.25, 0.3) is 5.91 Å². The molecule has 3 aromatic rings. The Balaban J connectivity index is 1.72. The molecule has 0 aliphatic carbocycles. The number of nitrogens with one attached hydrogen (secondary N) is 4. The van der Waals surface area contributed by atoms with Crippen LogP contribution in [0.3, 0.4) is 0 Å². The first-order valence-electron chi connectivity index (χ1n) is 8.08. The zero-order valence-electron chi connectivity index (χ0n) is 14.6. The third kappa shape index (κ3) is 3.89. The summed E-state index contributed by atoms with van der Waals surface area (Å²) < 4.78 is 0. The summed E-state index contributed by atoms with van der Waals surface area (Å²) >= 11 is 0. The number of fused-ring (bicyclic) bond motifs is 1. The lowest BCUT2D eigenvalue weighted by atomic mass is 10.1. The Morgan fingerprint density at radius 1 is 1.12 bits per heavy atom. The van der Waals surface area contributed by atoms with Gasteiger partial charge in [0.15, 0.2) is 0 Å². The molecule has 1 amide bonds. The molecule has 1 heterocycles. The number of nitrogens with zero attached hydrogens (tertiary/aromatic N) is 1. The van der Waals surface area contributed by atoms with Crippen LogP contribution in [-0.2, 0) is 0 Å². The maximum Gasteiger partial charge on any atom is 0.272 e. The lowest BCUT2D eigenvalue weighted by Crippen LogP contribution is -2.14. The topological polar surface area (TPSA) is 119 Å². The molecular formula is C19H20N6O. The summed E-state index contributed by atoms with van der Waals surface area (Å²) in [5, 5.41) is 15.2. The van der Waals surface area contributed by atoms with Gasteiger partial charge in [-0.25, -0.2) is 0 Å². The number of nitrogen functional groups attached to an aromatic ring is 1. The molecule has 3 rings (SSSR count). The van der Waals surface area contributed by atoms with Gasteiger partial charge < -0.3 is 16.0 Å². The van der Waals surface area contributed by atoms with Crippen LogP contribution in [0, 0.1) is 5.41 Å². The highest BCUT2D eigenvalue weighted by atomic mass is 16.1. The van der Waals surface area contributed by atoms with E-state index in [2.05, 4.69) is 20.8 Å². The van der Waals surface area contributed by atoms with Crippen LogP contribution in [0.1, 0.15) is 29.9 Å². The normalized spacial score (nSPS) is 11.4. The molecule has 0 bridgehead atoms. The van der Waals surface area contributed by atoms with Crippen molar-refractivity contribution in [3.8, 4) is 0 Å². The molecule has 0 aliphatic heterocycles. The maximum absolute atomic E-state index is 12.4. The zero-order chi connectivity index (χ0) is 18.7. The van der Waals surface area contributed by atoms with Crippen molar-refractivity contribution in [2.45, 2.75) is 13.8 Å². The predicted octanol–water partition coefficient (Wildman–Crippen LogP) is 3.31. The van der Waals surface area contributed by atoms with E-state index in [0.717, 1.165) is 22.2 Å². The second-order valence-corrected chi connectivity index (χ2v) is 6.00. The Kier molecular flexibility index (Phi) is 4.70. The van der Waals surface area contributed by atoms with Gasteiger partial charge in [0.05, 0.1) is 5.71 Å². The quantitative estimate of drug-likeness (QED) is 0.215. The number of H-pyrrole nitrogens is 1. The highest BCUT2D eigenvalue weighted by molar-refractivity contribution is 6.06. The lowest BCUT2D eigenvalue weighted by molar-refractivity contribution is 0.102. The number of hydrogen-bond acceptors (Lipinski definition) is 4. The van der Waals surface area contributed by atoms with Gasteiger partial charge in [0.1, 0.15) is 11.5 Å². The van der Waals surface area contributed by atoms with Crippen molar-refractivity contribution in [3.05, 3.63) is 59.8 Å². The van der Waals surface area contributed by atoms with Gasteiger partial charge in [-0.3, -0.25) is 15.6 Å². The molecular weight excluding hydrogens is 328 g/mol. The van der Waals surface area contributed by atoms with Crippen LogP contribution in [0.2, 0.25) is 0 Å². The molecule has 0 unspecified atom stereocenters. The molecule has 6 N–H and O–H groups in total. The molecule has 7 heteroatoms. The molecule has 0 saturated carbocycles. The minimum Gasteiger partial charge on any atom is -0.399 e. The van der Waals surface area contributed by atoms with E-state index >= 15 is 0 Å². The van der Waals surface area contributed by atoms with E-state index in [-0.39, 0.29) is 11.7 Å². The third-order valence-electron chi connectivity index (χ3n) is 3.84. The SMILES string of the molecule is CC(=N)N/N=C(\C)c1ccc(NC(=O)c2cc3ccc(N)cc3[nH]2)cc1. The van der Waals surface area contributed by atoms with E-state index in [9.17, 15) is 4.79 Å².